The summed E-state index contributed by atoms with van der Waals surface area (Å²) in [4.78, 5) is 0. The minimum Gasteiger partial charge on any atom is -0.329 e. The Balaban J connectivity index is 2.95. The summed E-state index contributed by atoms with van der Waals surface area (Å²) in [5.41, 5.74) is 9.78. The highest BCUT2D eigenvalue weighted by atomic mass is 35.5. The lowest BCUT2D eigenvalue weighted by Crippen LogP contribution is -2.38. The van der Waals surface area contributed by atoms with Gasteiger partial charge in [0.2, 0.25) is 0 Å². The first kappa shape index (κ1) is 12.7. The normalized spacial score (nSPS) is 13.2. The van der Waals surface area contributed by atoms with Crippen molar-refractivity contribution in [1.29, 1.82) is 0 Å². The lowest BCUT2D eigenvalue weighted by Gasteiger charge is -2.23. The zero-order valence-electron chi connectivity index (χ0n) is 8.80. The van der Waals surface area contributed by atoms with Crippen LogP contribution in [0, 0.1) is 0 Å². The molecule has 5 heteroatoms. The minimum atomic E-state index is -0.0220. The second-order valence-corrected chi connectivity index (χ2v) is 4.32. The smallest absolute Gasteiger partial charge is 0.0601 e. The Morgan fingerprint density at radius 3 is 2.60 bits per heavy atom. The molecule has 0 heterocycles. The standard InChI is InChI=1S/C10H15Cl2N3/c1-15(2)14-10(6-13)8-5-7(11)3-4-9(8)12/h3-5,10,14H,6,13H2,1-2H3. The lowest BCUT2D eigenvalue weighted by atomic mass is 10.1. The average molecular weight is 248 g/mol. The fourth-order valence-electron chi connectivity index (χ4n) is 1.34. The van der Waals surface area contributed by atoms with Crippen molar-refractivity contribution in [1.82, 2.24) is 10.4 Å². The first-order chi connectivity index (χ1) is 7.04. The summed E-state index contributed by atoms with van der Waals surface area (Å²) in [5, 5.41) is 3.17. The molecule has 0 aliphatic heterocycles. The van der Waals surface area contributed by atoms with E-state index in [1.165, 1.54) is 0 Å². The number of halogens is 2. The monoisotopic (exact) mass is 247 g/mol. The molecule has 1 aromatic rings. The van der Waals surface area contributed by atoms with Gasteiger partial charge in [-0.2, -0.15) is 0 Å². The first-order valence-electron chi connectivity index (χ1n) is 4.63. The van der Waals surface area contributed by atoms with Crippen LogP contribution in [0.25, 0.3) is 0 Å². The molecule has 1 atom stereocenters. The van der Waals surface area contributed by atoms with Gasteiger partial charge in [0.1, 0.15) is 0 Å². The molecule has 0 aliphatic rings. The predicted octanol–water partition coefficient (Wildman–Crippen LogP) is 2.06. The minimum absolute atomic E-state index is 0.0220. The van der Waals surface area contributed by atoms with Crippen LogP contribution >= 0.6 is 23.2 Å². The van der Waals surface area contributed by atoms with Crippen LogP contribution in [0.15, 0.2) is 18.2 Å². The van der Waals surface area contributed by atoms with E-state index in [1.54, 1.807) is 12.1 Å². The summed E-state index contributed by atoms with van der Waals surface area (Å²) in [6.07, 6.45) is 0. The summed E-state index contributed by atoms with van der Waals surface area (Å²) in [7, 11) is 3.81. The molecule has 0 aromatic heterocycles. The Morgan fingerprint density at radius 1 is 1.40 bits per heavy atom. The first-order valence-corrected chi connectivity index (χ1v) is 5.38. The van der Waals surface area contributed by atoms with Crippen molar-refractivity contribution in [3.8, 4) is 0 Å². The van der Waals surface area contributed by atoms with Crippen molar-refractivity contribution < 1.29 is 0 Å². The fourth-order valence-corrected chi connectivity index (χ4v) is 1.77. The van der Waals surface area contributed by atoms with Crippen molar-refractivity contribution in [3.63, 3.8) is 0 Å². The van der Waals surface area contributed by atoms with Gasteiger partial charge < -0.3 is 5.73 Å². The summed E-state index contributed by atoms with van der Waals surface area (Å²) in [6.45, 7) is 0.457. The highest BCUT2D eigenvalue weighted by molar-refractivity contribution is 6.33. The molecule has 3 N–H and O–H groups in total. The van der Waals surface area contributed by atoms with E-state index >= 15 is 0 Å². The van der Waals surface area contributed by atoms with Gasteiger partial charge in [-0.25, -0.2) is 10.4 Å². The molecular weight excluding hydrogens is 233 g/mol. The quantitative estimate of drug-likeness (QED) is 0.801. The second-order valence-electron chi connectivity index (χ2n) is 3.48. The predicted molar refractivity (Wildman–Crippen MR) is 65.1 cm³/mol. The maximum Gasteiger partial charge on any atom is 0.0601 e. The molecule has 84 valence electrons. The second kappa shape index (κ2) is 5.68. The largest absolute Gasteiger partial charge is 0.329 e. The molecule has 3 nitrogen and oxygen atoms in total. The molecule has 0 amide bonds. The third kappa shape index (κ3) is 3.63. The van der Waals surface area contributed by atoms with Crippen LogP contribution in [0.5, 0.6) is 0 Å². The molecule has 1 unspecified atom stereocenters. The van der Waals surface area contributed by atoms with Gasteiger partial charge in [-0.3, -0.25) is 0 Å². The third-order valence-electron chi connectivity index (χ3n) is 1.98. The Bertz CT molecular complexity index is 328. The van der Waals surface area contributed by atoms with Crippen LogP contribution in [-0.4, -0.2) is 25.6 Å². The van der Waals surface area contributed by atoms with Crippen LogP contribution in [0.2, 0.25) is 10.0 Å². The van der Waals surface area contributed by atoms with Gasteiger partial charge in [0.15, 0.2) is 0 Å². The Morgan fingerprint density at radius 2 is 2.07 bits per heavy atom. The van der Waals surface area contributed by atoms with Crippen LogP contribution in [0.3, 0.4) is 0 Å². The molecule has 0 fully saturated rings. The zero-order valence-corrected chi connectivity index (χ0v) is 10.3. The van der Waals surface area contributed by atoms with Gasteiger partial charge in [-0.1, -0.05) is 23.2 Å². The van der Waals surface area contributed by atoms with Crippen LogP contribution in [0.4, 0.5) is 0 Å². The molecular formula is C10H15Cl2N3. The molecule has 0 bridgehead atoms. The molecule has 0 radical (unpaired) electrons. The van der Waals surface area contributed by atoms with E-state index in [-0.39, 0.29) is 6.04 Å². The number of nitrogens with one attached hydrogen (secondary N) is 1. The van der Waals surface area contributed by atoms with Gasteiger partial charge >= 0.3 is 0 Å². The number of nitrogens with zero attached hydrogens (tertiary/aromatic N) is 1. The fraction of sp³-hybridized carbons (Fsp3) is 0.400. The molecule has 0 saturated heterocycles. The summed E-state index contributed by atoms with van der Waals surface area (Å²) >= 11 is 12.0. The third-order valence-corrected chi connectivity index (χ3v) is 2.56. The highest BCUT2D eigenvalue weighted by Crippen LogP contribution is 2.25. The van der Waals surface area contributed by atoms with Crippen molar-refractivity contribution >= 4 is 23.2 Å². The Hall–Kier alpha value is -0.320. The van der Waals surface area contributed by atoms with E-state index in [4.69, 9.17) is 28.9 Å². The van der Waals surface area contributed by atoms with Crippen molar-refractivity contribution in [2.45, 2.75) is 6.04 Å². The van der Waals surface area contributed by atoms with E-state index in [0.29, 0.717) is 16.6 Å². The molecule has 15 heavy (non-hydrogen) atoms. The summed E-state index contributed by atoms with van der Waals surface area (Å²) < 4.78 is 0. The molecule has 1 aromatic carbocycles. The van der Waals surface area contributed by atoms with E-state index in [1.807, 2.05) is 25.2 Å². The average Bonchev–Trinajstić information content (AvgIpc) is 2.18. The molecule has 0 spiro atoms. The van der Waals surface area contributed by atoms with E-state index < -0.39 is 0 Å². The SMILES string of the molecule is CN(C)NC(CN)c1cc(Cl)ccc1Cl. The van der Waals surface area contributed by atoms with Crippen molar-refractivity contribution in [2.24, 2.45) is 5.73 Å². The number of hydrogen-bond acceptors (Lipinski definition) is 3. The molecule has 0 saturated carbocycles. The number of nitrogens with two attached hydrogens (primary N) is 1. The Kier molecular flexibility index (Phi) is 4.83. The highest BCUT2D eigenvalue weighted by Gasteiger charge is 2.13. The van der Waals surface area contributed by atoms with Crippen LogP contribution in [-0.2, 0) is 0 Å². The van der Waals surface area contributed by atoms with Gasteiger partial charge in [0.25, 0.3) is 0 Å². The number of hydrogen-bond donors (Lipinski definition) is 2. The van der Waals surface area contributed by atoms with Gasteiger partial charge in [0, 0.05) is 30.7 Å². The van der Waals surface area contributed by atoms with E-state index in [2.05, 4.69) is 5.43 Å². The number of hydrazine groups is 1. The zero-order chi connectivity index (χ0) is 11.4. The van der Waals surface area contributed by atoms with Crippen molar-refractivity contribution in [3.05, 3.63) is 33.8 Å². The van der Waals surface area contributed by atoms with Crippen LogP contribution in [0.1, 0.15) is 11.6 Å². The summed E-state index contributed by atoms with van der Waals surface area (Å²) in [6, 6.07) is 5.35. The van der Waals surface area contributed by atoms with Crippen LogP contribution < -0.4 is 11.2 Å². The van der Waals surface area contributed by atoms with Gasteiger partial charge in [0.05, 0.1) is 6.04 Å². The van der Waals surface area contributed by atoms with E-state index in [9.17, 15) is 0 Å². The van der Waals surface area contributed by atoms with Gasteiger partial charge in [-0.05, 0) is 23.8 Å². The van der Waals surface area contributed by atoms with Crippen molar-refractivity contribution in [2.75, 3.05) is 20.6 Å². The lowest BCUT2D eigenvalue weighted by molar-refractivity contribution is 0.246. The van der Waals surface area contributed by atoms with E-state index in [0.717, 1.165) is 5.56 Å². The molecule has 1 rings (SSSR count). The maximum absolute atomic E-state index is 6.08. The summed E-state index contributed by atoms with van der Waals surface area (Å²) in [5.74, 6) is 0. The van der Waals surface area contributed by atoms with Gasteiger partial charge in [-0.15, -0.1) is 0 Å². The number of benzene rings is 1. The Labute approximate surface area is 100 Å². The molecule has 0 aliphatic carbocycles. The maximum atomic E-state index is 6.08. The number of rotatable bonds is 4. The topological polar surface area (TPSA) is 41.3 Å².